The molecular formula is C9H14BrN3O2S. The van der Waals surface area contributed by atoms with Crippen molar-refractivity contribution in [1.29, 1.82) is 0 Å². The van der Waals surface area contributed by atoms with Gasteiger partial charge in [-0.15, -0.1) is 0 Å². The van der Waals surface area contributed by atoms with E-state index in [1.54, 1.807) is 0 Å². The van der Waals surface area contributed by atoms with E-state index in [0.717, 1.165) is 25.7 Å². The van der Waals surface area contributed by atoms with Gasteiger partial charge < -0.3 is 0 Å². The summed E-state index contributed by atoms with van der Waals surface area (Å²) >= 11 is 3.52. The van der Waals surface area contributed by atoms with Gasteiger partial charge in [0.1, 0.15) is 4.90 Å². The van der Waals surface area contributed by atoms with Crippen molar-refractivity contribution < 1.29 is 8.42 Å². The van der Waals surface area contributed by atoms with E-state index < -0.39 is 10.0 Å². The van der Waals surface area contributed by atoms with E-state index in [1.807, 2.05) is 0 Å². The molecule has 2 atom stereocenters. The molecule has 0 bridgehead atoms. The van der Waals surface area contributed by atoms with Gasteiger partial charge in [-0.3, -0.25) is 5.10 Å². The Kier molecular flexibility index (Phi) is 3.66. The van der Waals surface area contributed by atoms with Crippen LogP contribution in [-0.4, -0.2) is 29.5 Å². The van der Waals surface area contributed by atoms with Gasteiger partial charge in [0.05, 0.1) is 6.20 Å². The van der Waals surface area contributed by atoms with Gasteiger partial charge in [0.2, 0.25) is 10.0 Å². The maximum atomic E-state index is 11.9. The summed E-state index contributed by atoms with van der Waals surface area (Å²) in [6.07, 6.45) is 6.81. The Labute approximate surface area is 103 Å². The predicted octanol–water partition coefficient (Wildman–Crippen LogP) is 1.39. The molecule has 0 spiro atoms. The van der Waals surface area contributed by atoms with Crippen molar-refractivity contribution >= 4 is 26.0 Å². The number of aromatic amines is 1. The molecule has 7 heteroatoms. The van der Waals surface area contributed by atoms with Crippen LogP contribution in [-0.2, 0) is 10.0 Å². The number of hydrogen-bond donors (Lipinski definition) is 2. The van der Waals surface area contributed by atoms with Crippen molar-refractivity contribution in [2.45, 2.75) is 41.4 Å². The largest absolute Gasteiger partial charge is 0.284 e. The first kappa shape index (κ1) is 12.1. The van der Waals surface area contributed by atoms with Crippen molar-refractivity contribution in [1.82, 2.24) is 14.9 Å². The zero-order valence-corrected chi connectivity index (χ0v) is 11.1. The van der Waals surface area contributed by atoms with Crippen molar-refractivity contribution in [3.05, 3.63) is 12.4 Å². The van der Waals surface area contributed by atoms with Crippen LogP contribution in [0.3, 0.4) is 0 Å². The highest BCUT2D eigenvalue weighted by molar-refractivity contribution is 9.09. The Morgan fingerprint density at radius 3 is 2.81 bits per heavy atom. The van der Waals surface area contributed by atoms with Crippen LogP contribution >= 0.6 is 15.9 Å². The maximum Gasteiger partial charge on any atom is 0.243 e. The normalized spacial score (nSPS) is 26.8. The summed E-state index contributed by atoms with van der Waals surface area (Å²) < 4.78 is 26.5. The van der Waals surface area contributed by atoms with Crippen molar-refractivity contribution in [2.24, 2.45) is 0 Å². The Morgan fingerprint density at radius 2 is 2.19 bits per heavy atom. The SMILES string of the molecule is O=S(=O)(NC1CCCCC1Br)c1cn[nH]c1. The topological polar surface area (TPSA) is 74.8 Å². The van der Waals surface area contributed by atoms with E-state index in [9.17, 15) is 8.42 Å². The average molecular weight is 308 g/mol. The molecule has 0 amide bonds. The zero-order valence-electron chi connectivity index (χ0n) is 8.69. The van der Waals surface area contributed by atoms with E-state index in [0.29, 0.717) is 0 Å². The highest BCUT2D eigenvalue weighted by atomic mass is 79.9. The second-order valence-electron chi connectivity index (χ2n) is 3.96. The minimum absolute atomic E-state index is 0.0198. The summed E-state index contributed by atoms with van der Waals surface area (Å²) in [6, 6.07) is -0.0198. The fourth-order valence-corrected chi connectivity index (χ4v) is 3.98. The first-order valence-electron chi connectivity index (χ1n) is 5.25. The van der Waals surface area contributed by atoms with Crippen LogP contribution in [0.2, 0.25) is 0 Å². The Morgan fingerprint density at radius 1 is 1.44 bits per heavy atom. The van der Waals surface area contributed by atoms with Gasteiger partial charge in [-0.05, 0) is 12.8 Å². The molecule has 0 aliphatic heterocycles. The Hall–Kier alpha value is -0.400. The van der Waals surface area contributed by atoms with Crippen molar-refractivity contribution in [3.63, 3.8) is 0 Å². The number of H-pyrrole nitrogens is 1. The number of hydrogen-bond acceptors (Lipinski definition) is 3. The fraction of sp³-hybridized carbons (Fsp3) is 0.667. The molecule has 1 aromatic rings. The molecular weight excluding hydrogens is 294 g/mol. The van der Waals surface area contributed by atoms with Crippen LogP contribution in [0.4, 0.5) is 0 Å². The molecule has 2 rings (SSSR count). The number of sulfonamides is 1. The molecule has 90 valence electrons. The third-order valence-electron chi connectivity index (χ3n) is 2.77. The second-order valence-corrected chi connectivity index (χ2v) is 6.85. The lowest BCUT2D eigenvalue weighted by Gasteiger charge is -2.27. The first-order chi connectivity index (χ1) is 7.59. The third-order valence-corrected chi connectivity index (χ3v) is 5.32. The first-order valence-corrected chi connectivity index (χ1v) is 7.64. The molecule has 1 aliphatic rings. The summed E-state index contributed by atoms with van der Waals surface area (Å²) in [4.78, 5) is 0.417. The summed E-state index contributed by atoms with van der Waals surface area (Å²) in [5, 5.41) is 6.15. The Balaban J connectivity index is 2.09. The standard InChI is InChI=1S/C9H14BrN3O2S/c10-8-3-1-2-4-9(8)13-16(14,15)7-5-11-12-6-7/h5-6,8-9,13H,1-4H2,(H,11,12). The smallest absolute Gasteiger partial charge is 0.243 e. The molecule has 0 saturated heterocycles. The monoisotopic (exact) mass is 307 g/mol. The number of halogens is 1. The molecule has 16 heavy (non-hydrogen) atoms. The molecule has 1 saturated carbocycles. The van der Waals surface area contributed by atoms with Crippen LogP contribution < -0.4 is 4.72 Å². The molecule has 5 nitrogen and oxygen atoms in total. The van der Waals surface area contributed by atoms with Gasteiger partial charge >= 0.3 is 0 Å². The van der Waals surface area contributed by atoms with E-state index in [4.69, 9.17) is 0 Å². The van der Waals surface area contributed by atoms with Gasteiger partial charge in [-0.25, -0.2) is 13.1 Å². The van der Waals surface area contributed by atoms with Crippen LogP contribution in [0.15, 0.2) is 17.3 Å². The van der Waals surface area contributed by atoms with Gasteiger partial charge in [0.25, 0.3) is 0 Å². The fourth-order valence-electron chi connectivity index (χ4n) is 1.87. The van der Waals surface area contributed by atoms with Crippen LogP contribution in [0.1, 0.15) is 25.7 Å². The van der Waals surface area contributed by atoms with Crippen LogP contribution in [0, 0.1) is 0 Å². The number of alkyl halides is 1. The van der Waals surface area contributed by atoms with Crippen molar-refractivity contribution in [3.8, 4) is 0 Å². The Bertz CT molecular complexity index is 432. The van der Waals surface area contributed by atoms with Crippen molar-refractivity contribution in [2.75, 3.05) is 0 Å². The summed E-state index contributed by atoms with van der Waals surface area (Å²) in [6.45, 7) is 0. The maximum absolute atomic E-state index is 11.9. The van der Waals surface area contributed by atoms with Gasteiger partial charge in [0, 0.05) is 17.1 Å². The lowest BCUT2D eigenvalue weighted by molar-refractivity contribution is 0.427. The number of aromatic nitrogens is 2. The van der Waals surface area contributed by atoms with Gasteiger partial charge in [-0.1, -0.05) is 28.8 Å². The lowest BCUT2D eigenvalue weighted by Crippen LogP contribution is -2.42. The average Bonchev–Trinajstić information content (AvgIpc) is 2.75. The molecule has 2 unspecified atom stereocenters. The van der Waals surface area contributed by atoms with Crippen LogP contribution in [0.5, 0.6) is 0 Å². The van der Waals surface area contributed by atoms with Crippen LogP contribution in [0.25, 0.3) is 0 Å². The van der Waals surface area contributed by atoms with E-state index in [-0.39, 0.29) is 15.8 Å². The summed E-state index contributed by atoms with van der Waals surface area (Å²) in [7, 11) is -3.42. The van der Waals surface area contributed by atoms with E-state index >= 15 is 0 Å². The number of rotatable bonds is 3. The minimum atomic E-state index is -3.42. The van der Waals surface area contributed by atoms with Gasteiger partial charge in [0.15, 0.2) is 0 Å². The number of nitrogens with one attached hydrogen (secondary N) is 2. The lowest BCUT2D eigenvalue weighted by atomic mass is 9.96. The number of nitrogens with zero attached hydrogens (tertiary/aromatic N) is 1. The molecule has 0 aromatic carbocycles. The second kappa shape index (κ2) is 4.85. The zero-order chi connectivity index (χ0) is 11.6. The molecule has 1 fully saturated rings. The molecule has 0 radical (unpaired) electrons. The summed E-state index contributed by atoms with van der Waals surface area (Å²) in [5.41, 5.74) is 0. The van der Waals surface area contributed by atoms with Gasteiger partial charge in [-0.2, -0.15) is 5.10 Å². The minimum Gasteiger partial charge on any atom is -0.284 e. The predicted molar refractivity (Wildman–Crippen MR) is 63.9 cm³/mol. The highest BCUT2D eigenvalue weighted by Crippen LogP contribution is 2.25. The van der Waals surface area contributed by atoms with E-state index in [1.165, 1.54) is 12.4 Å². The molecule has 2 N–H and O–H groups in total. The molecule has 1 heterocycles. The third kappa shape index (κ3) is 2.64. The molecule has 1 aliphatic carbocycles. The van der Waals surface area contributed by atoms with E-state index in [2.05, 4.69) is 30.8 Å². The highest BCUT2D eigenvalue weighted by Gasteiger charge is 2.28. The molecule has 1 aromatic heterocycles. The quantitative estimate of drug-likeness (QED) is 0.829. The summed E-state index contributed by atoms with van der Waals surface area (Å²) in [5.74, 6) is 0.